The molecule has 3 aromatic heterocycles. The highest BCUT2D eigenvalue weighted by Gasteiger charge is 2.10. The van der Waals surface area contributed by atoms with Crippen LogP contribution in [0.5, 0.6) is 0 Å². The zero-order valence-electron chi connectivity index (χ0n) is 12.6. The fourth-order valence-corrected chi connectivity index (χ4v) is 2.34. The van der Waals surface area contributed by atoms with Gasteiger partial charge in [-0.15, -0.1) is 0 Å². The van der Waals surface area contributed by atoms with Crippen LogP contribution in [0.3, 0.4) is 0 Å². The number of hydrogen-bond acceptors (Lipinski definition) is 4. The summed E-state index contributed by atoms with van der Waals surface area (Å²) in [6.07, 6.45) is 2.65. The van der Waals surface area contributed by atoms with E-state index in [0.717, 1.165) is 18.3 Å². The van der Waals surface area contributed by atoms with Crippen LogP contribution in [0.25, 0.3) is 22.4 Å². The molecule has 0 radical (unpaired) electrons. The Labute approximate surface area is 139 Å². The smallest absolute Gasteiger partial charge is 0.159 e. The van der Waals surface area contributed by atoms with Gasteiger partial charge in [-0.05, 0) is 30.3 Å². The number of aromatic nitrogens is 4. The van der Waals surface area contributed by atoms with Crippen LogP contribution in [0.1, 0.15) is 0 Å². The molecule has 0 atom stereocenters. The minimum atomic E-state index is -0.944. The summed E-state index contributed by atoms with van der Waals surface area (Å²) in [6, 6.07) is 7.98. The maximum absolute atomic E-state index is 13.4. The van der Waals surface area contributed by atoms with E-state index >= 15 is 0 Å². The number of benzene rings is 1. The molecule has 0 fully saturated rings. The number of H-pyrrole nitrogens is 1. The molecular weight excluding hydrogens is 331 g/mol. The van der Waals surface area contributed by atoms with Gasteiger partial charge in [-0.3, -0.25) is 0 Å². The lowest BCUT2D eigenvalue weighted by molar-refractivity contribution is 0.509. The van der Waals surface area contributed by atoms with Gasteiger partial charge >= 0.3 is 0 Å². The van der Waals surface area contributed by atoms with Crippen molar-refractivity contribution in [3.8, 4) is 11.4 Å². The van der Waals surface area contributed by atoms with Gasteiger partial charge in [-0.1, -0.05) is 0 Å². The number of hydrogen-bond donors (Lipinski definition) is 2. The predicted octanol–water partition coefficient (Wildman–Crippen LogP) is 4.18. The van der Waals surface area contributed by atoms with Gasteiger partial charge < -0.3 is 10.3 Å². The molecular formula is C17H10F3N5. The summed E-state index contributed by atoms with van der Waals surface area (Å²) in [5.41, 5.74) is 1.64. The first-order valence-electron chi connectivity index (χ1n) is 7.28. The van der Waals surface area contributed by atoms with Gasteiger partial charge in [0.1, 0.15) is 23.3 Å². The second-order valence-corrected chi connectivity index (χ2v) is 5.29. The minimum absolute atomic E-state index is 0.396. The number of nitrogens with one attached hydrogen (secondary N) is 2. The lowest BCUT2D eigenvalue weighted by Crippen LogP contribution is -1.95. The quantitative estimate of drug-likeness (QED) is 0.587. The standard InChI is InChI=1S/C17H10F3N5/c18-10-2-4-15(21-7-10)25-16-6-13-14(8-22-16)24-17(23-13)9-1-3-11(19)12(20)5-9/h1-8H,(H,23,24)(H,21,22,25). The summed E-state index contributed by atoms with van der Waals surface area (Å²) in [6.45, 7) is 0. The van der Waals surface area contributed by atoms with E-state index in [2.05, 4.69) is 25.3 Å². The molecule has 0 unspecified atom stereocenters. The second-order valence-electron chi connectivity index (χ2n) is 5.29. The first-order valence-corrected chi connectivity index (χ1v) is 7.28. The molecule has 0 bridgehead atoms. The molecule has 0 aliphatic carbocycles. The Hall–Kier alpha value is -3.42. The summed E-state index contributed by atoms with van der Waals surface area (Å²) in [4.78, 5) is 15.5. The Morgan fingerprint density at radius 3 is 2.44 bits per heavy atom. The fourth-order valence-electron chi connectivity index (χ4n) is 2.34. The first kappa shape index (κ1) is 15.1. The van der Waals surface area contributed by atoms with Crippen LogP contribution in [0.2, 0.25) is 0 Å². The van der Waals surface area contributed by atoms with E-state index in [4.69, 9.17) is 0 Å². The summed E-state index contributed by atoms with van der Waals surface area (Å²) < 4.78 is 39.3. The largest absolute Gasteiger partial charge is 0.337 e. The number of pyridine rings is 2. The van der Waals surface area contributed by atoms with Crippen LogP contribution in [0, 0.1) is 17.5 Å². The van der Waals surface area contributed by atoms with E-state index in [9.17, 15) is 13.2 Å². The number of imidazole rings is 1. The summed E-state index contributed by atoms with van der Waals surface area (Å²) >= 11 is 0. The highest BCUT2D eigenvalue weighted by atomic mass is 19.2. The zero-order chi connectivity index (χ0) is 17.4. The molecule has 0 saturated heterocycles. The molecule has 0 saturated carbocycles. The van der Waals surface area contributed by atoms with E-state index in [0.29, 0.717) is 34.1 Å². The average molecular weight is 341 g/mol. The van der Waals surface area contributed by atoms with Crippen molar-refractivity contribution >= 4 is 22.7 Å². The van der Waals surface area contributed by atoms with Gasteiger partial charge in [0, 0.05) is 11.6 Å². The van der Waals surface area contributed by atoms with Crippen LogP contribution in [-0.4, -0.2) is 19.9 Å². The Kier molecular flexibility index (Phi) is 3.57. The van der Waals surface area contributed by atoms with Crippen LogP contribution in [0.4, 0.5) is 24.8 Å². The highest BCUT2D eigenvalue weighted by Crippen LogP contribution is 2.23. The Balaban J connectivity index is 1.66. The van der Waals surface area contributed by atoms with Gasteiger partial charge in [0.15, 0.2) is 11.6 Å². The molecule has 4 rings (SSSR count). The SMILES string of the molecule is Fc1ccc(Nc2cc3nc(-c4ccc(F)c(F)c4)[nH]c3cn2)nc1. The van der Waals surface area contributed by atoms with Crippen LogP contribution in [0.15, 0.2) is 48.8 Å². The molecule has 0 amide bonds. The van der Waals surface area contributed by atoms with Gasteiger partial charge in [0.05, 0.1) is 23.4 Å². The maximum atomic E-state index is 13.4. The molecule has 1 aromatic carbocycles. The number of aromatic amines is 1. The van der Waals surface area contributed by atoms with E-state index < -0.39 is 17.5 Å². The number of anilines is 2. The summed E-state index contributed by atoms with van der Waals surface area (Å²) in [5, 5.41) is 2.94. The van der Waals surface area contributed by atoms with Crippen molar-refractivity contribution in [2.75, 3.05) is 5.32 Å². The molecule has 0 spiro atoms. The third-order valence-electron chi connectivity index (χ3n) is 3.54. The van der Waals surface area contributed by atoms with Crippen molar-refractivity contribution in [3.63, 3.8) is 0 Å². The van der Waals surface area contributed by atoms with Crippen molar-refractivity contribution in [1.82, 2.24) is 19.9 Å². The molecule has 25 heavy (non-hydrogen) atoms. The number of halogens is 3. The van der Waals surface area contributed by atoms with E-state index in [1.165, 1.54) is 18.2 Å². The van der Waals surface area contributed by atoms with Gasteiger partial charge in [-0.25, -0.2) is 28.1 Å². The maximum Gasteiger partial charge on any atom is 0.159 e. The predicted molar refractivity (Wildman–Crippen MR) is 86.7 cm³/mol. The third-order valence-corrected chi connectivity index (χ3v) is 3.54. The van der Waals surface area contributed by atoms with Crippen molar-refractivity contribution in [2.45, 2.75) is 0 Å². The highest BCUT2D eigenvalue weighted by molar-refractivity contribution is 5.81. The van der Waals surface area contributed by atoms with Crippen molar-refractivity contribution in [3.05, 3.63) is 66.2 Å². The van der Waals surface area contributed by atoms with E-state index in [-0.39, 0.29) is 0 Å². The van der Waals surface area contributed by atoms with E-state index in [1.807, 2.05) is 0 Å². The Bertz CT molecular complexity index is 1060. The van der Waals surface area contributed by atoms with Crippen LogP contribution < -0.4 is 5.32 Å². The second kappa shape index (κ2) is 5.90. The lowest BCUT2D eigenvalue weighted by atomic mass is 10.2. The molecule has 2 N–H and O–H groups in total. The third kappa shape index (κ3) is 3.01. The molecule has 4 aromatic rings. The fraction of sp³-hybridized carbons (Fsp3) is 0. The number of fused-ring (bicyclic) bond motifs is 1. The number of nitrogens with zero attached hydrogens (tertiary/aromatic N) is 3. The zero-order valence-corrected chi connectivity index (χ0v) is 12.6. The van der Waals surface area contributed by atoms with Gasteiger partial charge in [-0.2, -0.15) is 0 Å². The van der Waals surface area contributed by atoms with Crippen molar-refractivity contribution in [1.29, 1.82) is 0 Å². The Morgan fingerprint density at radius 1 is 0.840 bits per heavy atom. The summed E-state index contributed by atoms with van der Waals surface area (Å²) in [5.74, 6) is -0.995. The Morgan fingerprint density at radius 2 is 1.68 bits per heavy atom. The van der Waals surface area contributed by atoms with Crippen LogP contribution in [-0.2, 0) is 0 Å². The van der Waals surface area contributed by atoms with Crippen LogP contribution >= 0.6 is 0 Å². The molecule has 0 aliphatic rings. The van der Waals surface area contributed by atoms with Gasteiger partial charge in [0.2, 0.25) is 0 Å². The molecule has 3 heterocycles. The lowest BCUT2D eigenvalue weighted by Gasteiger charge is -2.03. The topological polar surface area (TPSA) is 66.5 Å². The van der Waals surface area contributed by atoms with Gasteiger partial charge in [0.25, 0.3) is 0 Å². The normalized spacial score (nSPS) is 11.0. The first-order chi connectivity index (χ1) is 12.1. The monoisotopic (exact) mass is 341 g/mol. The average Bonchev–Trinajstić information content (AvgIpc) is 3.03. The number of rotatable bonds is 3. The van der Waals surface area contributed by atoms with Crippen molar-refractivity contribution < 1.29 is 13.2 Å². The van der Waals surface area contributed by atoms with E-state index in [1.54, 1.807) is 12.3 Å². The molecule has 0 aliphatic heterocycles. The molecule has 124 valence electrons. The molecule has 8 heteroatoms. The van der Waals surface area contributed by atoms with Crippen molar-refractivity contribution in [2.24, 2.45) is 0 Å². The molecule has 5 nitrogen and oxygen atoms in total. The summed E-state index contributed by atoms with van der Waals surface area (Å²) in [7, 11) is 0. The minimum Gasteiger partial charge on any atom is -0.337 e.